The molecule has 0 aromatic carbocycles. The molecule has 0 bridgehead atoms. The molecule has 1 heterocycles. The molecular formula is C7H4F3IN2O2. The minimum atomic E-state index is -4.83. The van der Waals surface area contributed by atoms with Crippen LogP contribution in [-0.4, -0.2) is 16.1 Å². The number of carboxylic acid groups (broad SMARTS) is 1. The fourth-order valence-corrected chi connectivity index (χ4v) is 1.31. The predicted octanol–water partition coefficient (Wildman–Crippen LogP) is 1.99. The number of nitrogens with zero attached hydrogens (tertiary/aromatic N) is 1. The number of anilines is 1. The van der Waals surface area contributed by atoms with Crippen molar-refractivity contribution in [2.45, 2.75) is 6.18 Å². The Hall–Kier alpha value is -1.06. The molecule has 1 rings (SSSR count). The molecule has 0 atom stereocenters. The minimum absolute atomic E-state index is 0.165. The zero-order chi connectivity index (χ0) is 11.8. The number of nitrogens with two attached hydrogens (primary N) is 1. The van der Waals surface area contributed by atoms with E-state index >= 15 is 0 Å². The Balaban J connectivity index is 3.49. The van der Waals surface area contributed by atoms with Crippen LogP contribution in [0.5, 0.6) is 0 Å². The number of pyridine rings is 1. The van der Waals surface area contributed by atoms with E-state index in [-0.39, 0.29) is 9.39 Å². The Kier molecular flexibility index (Phi) is 3.07. The first kappa shape index (κ1) is 12.0. The highest BCUT2D eigenvalue weighted by atomic mass is 127. The number of alkyl halides is 3. The normalized spacial score (nSPS) is 11.5. The zero-order valence-electron chi connectivity index (χ0n) is 6.97. The van der Waals surface area contributed by atoms with Crippen LogP contribution in [0, 0.1) is 3.57 Å². The molecule has 0 saturated heterocycles. The summed E-state index contributed by atoms with van der Waals surface area (Å²) < 4.78 is 37.2. The highest BCUT2D eigenvalue weighted by Crippen LogP contribution is 2.32. The Morgan fingerprint density at radius 1 is 1.53 bits per heavy atom. The van der Waals surface area contributed by atoms with Crippen LogP contribution < -0.4 is 5.73 Å². The van der Waals surface area contributed by atoms with E-state index in [4.69, 9.17) is 10.8 Å². The number of carbonyl (C=O) groups is 1. The van der Waals surface area contributed by atoms with Gasteiger partial charge in [-0.15, -0.1) is 0 Å². The molecule has 82 valence electrons. The van der Waals surface area contributed by atoms with Crippen molar-refractivity contribution in [3.05, 3.63) is 20.9 Å². The molecule has 0 radical (unpaired) electrons. The molecule has 8 heteroatoms. The molecule has 0 spiro atoms. The van der Waals surface area contributed by atoms with Crippen molar-refractivity contribution in [1.82, 2.24) is 4.98 Å². The van der Waals surface area contributed by atoms with E-state index in [9.17, 15) is 18.0 Å². The average molecular weight is 332 g/mol. The van der Waals surface area contributed by atoms with Crippen LogP contribution >= 0.6 is 22.6 Å². The molecular weight excluding hydrogens is 328 g/mol. The van der Waals surface area contributed by atoms with Gasteiger partial charge in [0.15, 0.2) is 5.69 Å². The maximum atomic E-state index is 12.3. The summed E-state index contributed by atoms with van der Waals surface area (Å²) in [7, 11) is 0. The van der Waals surface area contributed by atoms with E-state index in [2.05, 4.69) is 4.98 Å². The van der Waals surface area contributed by atoms with Crippen LogP contribution in [-0.2, 0) is 6.18 Å². The first-order chi connectivity index (χ1) is 6.73. The number of rotatable bonds is 1. The van der Waals surface area contributed by atoms with Crippen molar-refractivity contribution in [1.29, 1.82) is 0 Å². The molecule has 0 aliphatic carbocycles. The van der Waals surface area contributed by atoms with Crippen molar-refractivity contribution in [3.8, 4) is 0 Å². The topological polar surface area (TPSA) is 76.2 Å². The van der Waals surface area contributed by atoms with E-state index in [1.165, 1.54) is 0 Å². The SMILES string of the molecule is Nc1nc(C(F)(F)F)c(C(=O)O)cc1I. The van der Waals surface area contributed by atoms with Crippen molar-refractivity contribution >= 4 is 34.4 Å². The maximum Gasteiger partial charge on any atom is 0.434 e. The highest BCUT2D eigenvalue weighted by Gasteiger charge is 2.38. The largest absolute Gasteiger partial charge is 0.478 e. The third-order valence-electron chi connectivity index (χ3n) is 1.50. The monoisotopic (exact) mass is 332 g/mol. The van der Waals surface area contributed by atoms with Crippen LogP contribution in [0.4, 0.5) is 19.0 Å². The summed E-state index contributed by atoms with van der Waals surface area (Å²) in [5, 5.41) is 8.56. The molecule has 1 aromatic heterocycles. The summed E-state index contributed by atoms with van der Waals surface area (Å²) in [6.45, 7) is 0. The van der Waals surface area contributed by atoms with Crippen molar-refractivity contribution in [2.24, 2.45) is 0 Å². The minimum Gasteiger partial charge on any atom is -0.478 e. The van der Waals surface area contributed by atoms with Gasteiger partial charge in [0.1, 0.15) is 5.82 Å². The highest BCUT2D eigenvalue weighted by molar-refractivity contribution is 14.1. The molecule has 3 N–H and O–H groups in total. The van der Waals surface area contributed by atoms with Gasteiger partial charge in [0.05, 0.1) is 9.13 Å². The summed E-state index contributed by atoms with van der Waals surface area (Å²) in [5.41, 5.74) is 2.79. The quantitative estimate of drug-likeness (QED) is 0.771. The third kappa shape index (κ3) is 2.49. The Bertz CT molecular complexity index is 419. The number of hydrogen-bond donors (Lipinski definition) is 2. The summed E-state index contributed by atoms with van der Waals surface area (Å²) in [4.78, 5) is 13.6. The van der Waals surface area contributed by atoms with E-state index in [1.54, 1.807) is 22.6 Å². The summed E-state index contributed by atoms with van der Waals surface area (Å²) in [6, 6.07) is 0.841. The molecule has 0 fully saturated rings. The number of nitrogen functional groups attached to an aromatic ring is 1. The molecule has 0 aliphatic heterocycles. The first-order valence-electron chi connectivity index (χ1n) is 3.50. The maximum absolute atomic E-state index is 12.3. The van der Waals surface area contributed by atoms with Gasteiger partial charge in [0, 0.05) is 0 Å². The van der Waals surface area contributed by atoms with E-state index in [1.807, 2.05) is 0 Å². The van der Waals surface area contributed by atoms with Crippen LogP contribution in [0.1, 0.15) is 16.1 Å². The molecule has 1 aromatic rings. The Labute approximate surface area is 95.4 Å². The van der Waals surface area contributed by atoms with Gasteiger partial charge in [-0.25, -0.2) is 9.78 Å². The lowest BCUT2D eigenvalue weighted by atomic mass is 10.2. The molecule has 0 aliphatic rings. The van der Waals surface area contributed by atoms with Gasteiger partial charge in [0.25, 0.3) is 0 Å². The summed E-state index contributed by atoms with van der Waals surface area (Å²) in [6.07, 6.45) is -4.83. The van der Waals surface area contributed by atoms with E-state index in [0.717, 1.165) is 6.07 Å². The van der Waals surface area contributed by atoms with Gasteiger partial charge < -0.3 is 10.8 Å². The Morgan fingerprint density at radius 2 is 2.07 bits per heavy atom. The van der Waals surface area contributed by atoms with Crippen LogP contribution in [0.15, 0.2) is 6.07 Å². The second-order valence-corrected chi connectivity index (χ2v) is 3.72. The smallest absolute Gasteiger partial charge is 0.434 e. The lowest BCUT2D eigenvalue weighted by Gasteiger charge is -2.10. The number of carboxylic acids is 1. The summed E-state index contributed by atoms with van der Waals surface area (Å²) >= 11 is 1.61. The molecule has 4 nitrogen and oxygen atoms in total. The average Bonchev–Trinajstić information content (AvgIpc) is 2.06. The van der Waals surface area contributed by atoms with Gasteiger partial charge in [-0.05, 0) is 28.7 Å². The van der Waals surface area contributed by atoms with E-state index in [0.29, 0.717) is 0 Å². The van der Waals surface area contributed by atoms with Crippen LogP contribution in [0.3, 0.4) is 0 Å². The molecule has 0 saturated carbocycles. The Morgan fingerprint density at radius 3 is 2.47 bits per heavy atom. The third-order valence-corrected chi connectivity index (χ3v) is 2.37. The van der Waals surface area contributed by atoms with Gasteiger partial charge in [-0.3, -0.25) is 0 Å². The summed E-state index contributed by atoms with van der Waals surface area (Å²) in [5.74, 6) is -2.03. The first-order valence-corrected chi connectivity index (χ1v) is 4.58. The molecule has 0 unspecified atom stereocenters. The van der Waals surface area contributed by atoms with Gasteiger partial charge >= 0.3 is 12.1 Å². The number of halogens is 4. The molecule has 15 heavy (non-hydrogen) atoms. The van der Waals surface area contributed by atoms with Gasteiger partial charge in [0.2, 0.25) is 0 Å². The van der Waals surface area contributed by atoms with Gasteiger partial charge in [-0.2, -0.15) is 13.2 Å². The standard InChI is InChI=1S/C7H4F3IN2O2/c8-7(9,10)4-2(6(14)15)1-3(11)5(12)13-4/h1H,(H2,12,13)(H,14,15). The molecule has 0 amide bonds. The predicted molar refractivity (Wildman–Crippen MR) is 53.3 cm³/mol. The lowest BCUT2D eigenvalue weighted by molar-refractivity contribution is -0.141. The van der Waals surface area contributed by atoms with E-state index < -0.39 is 23.4 Å². The number of aromatic nitrogens is 1. The van der Waals surface area contributed by atoms with Crippen molar-refractivity contribution in [3.63, 3.8) is 0 Å². The zero-order valence-corrected chi connectivity index (χ0v) is 9.13. The number of aromatic carboxylic acids is 1. The fraction of sp³-hybridized carbons (Fsp3) is 0.143. The van der Waals surface area contributed by atoms with Crippen molar-refractivity contribution in [2.75, 3.05) is 5.73 Å². The van der Waals surface area contributed by atoms with Crippen LogP contribution in [0.25, 0.3) is 0 Å². The van der Waals surface area contributed by atoms with Gasteiger partial charge in [-0.1, -0.05) is 0 Å². The van der Waals surface area contributed by atoms with Crippen molar-refractivity contribution < 1.29 is 23.1 Å². The fourth-order valence-electron chi connectivity index (χ4n) is 0.882. The number of hydrogen-bond acceptors (Lipinski definition) is 3. The van der Waals surface area contributed by atoms with Crippen LogP contribution in [0.2, 0.25) is 0 Å². The second-order valence-electron chi connectivity index (χ2n) is 2.55. The lowest BCUT2D eigenvalue weighted by Crippen LogP contribution is -2.17. The second kappa shape index (κ2) is 3.83.